The Labute approximate surface area is 141 Å². The van der Waals surface area contributed by atoms with Crippen molar-refractivity contribution in [2.24, 2.45) is 5.92 Å². The third kappa shape index (κ3) is 5.96. The maximum absolute atomic E-state index is 11.9. The normalized spacial score (nSPS) is 13.3. The van der Waals surface area contributed by atoms with Crippen molar-refractivity contribution in [3.63, 3.8) is 0 Å². The molecule has 124 valence electrons. The highest BCUT2D eigenvalue weighted by atomic mass is 32.1. The Bertz CT molecular complexity index is 570. The van der Waals surface area contributed by atoms with Crippen LogP contribution in [0.3, 0.4) is 0 Å². The fourth-order valence-corrected chi connectivity index (χ4v) is 2.17. The Balaban J connectivity index is 1.77. The summed E-state index contributed by atoms with van der Waals surface area (Å²) < 4.78 is 4.93. The summed E-state index contributed by atoms with van der Waals surface area (Å²) in [5.74, 6) is -0.0502. The third-order valence-corrected chi connectivity index (χ3v) is 3.60. The monoisotopic (exact) mass is 335 g/mol. The van der Waals surface area contributed by atoms with Gasteiger partial charge in [0, 0.05) is 37.4 Å². The molecule has 1 fully saturated rings. The number of nitrogens with one attached hydrogen (secondary N) is 3. The second-order valence-electron chi connectivity index (χ2n) is 5.40. The first kappa shape index (κ1) is 17.4. The summed E-state index contributed by atoms with van der Waals surface area (Å²) in [4.78, 5) is 23.5. The van der Waals surface area contributed by atoms with Crippen molar-refractivity contribution in [3.05, 3.63) is 29.8 Å². The first-order chi connectivity index (χ1) is 11.1. The average Bonchev–Trinajstić information content (AvgIpc) is 3.37. The van der Waals surface area contributed by atoms with Crippen LogP contribution >= 0.6 is 12.2 Å². The van der Waals surface area contributed by atoms with Crippen LogP contribution in [0.25, 0.3) is 0 Å². The number of benzene rings is 1. The molecule has 0 spiro atoms. The van der Waals surface area contributed by atoms with E-state index in [1.807, 2.05) is 0 Å². The summed E-state index contributed by atoms with van der Waals surface area (Å²) in [6.45, 7) is 1.19. The maximum Gasteiger partial charge on any atom is 0.251 e. The van der Waals surface area contributed by atoms with E-state index < -0.39 is 0 Å². The number of carbonyl (C=O) groups excluding carboxylic acids is 2. The van der Waals surface area contributed by atoms with E-state index in [9.17, 15) is 9.59 Å². The van der Waals surface area contributed by atoms with E-state index in [-0.39, 0.29) is 22.8 Å². The molecular formula is C16H21N3O3S. The van der Waals surface area contributed by atoms with Gasteiger partial charge in [0.05, 0.1) is 0 Å². The van der Waals surface area contributed by atoms with Gasteiger partial charge in [-0.2, -0.15) is 0 Å². The molecule has 1 aromatic carbocycles. The van der Waals surface area contributed by atoms with Crippen molar-refractivity contribution < 1.29 is 14.3 Å². The summed E-state index contributed by atoms with van der Waals surface area (Å²) in [7, 11) is 1.63. The lowest BCUT2D eigenvalue weighted by Crippen LogP contribution is -2.35. The minimum absolute atomic E-state index is 0.0328. The van der Waals surface area contributed by atoms with Gasteiger partial charge in [-0.05, 0) is 55.7 Å². The summed E-state index contributed by atoms with van der Waals surface area (Å²) in [6.07, 6.45) is 2.64. The topological polar surface area (TPSA) is 79.5 Å². The van der Waals surface area contributed by atoms with Crippen LogP contribution in [0.2, 0.25) is 0 Å². The van der Waals surface area contributed by atoms with Crippen LogP contribution in [0, 0.1) is 5.92 Å². The molecule has 2 rings (SSSR count). The molecule has 0 bridgehead atoms. The third-order valence-electron chi connectivity index (χ3n) is 3.40. The molecule has 3 N–H and O–H groups in total. The molecule has 1 aromatic rings. The van der Waals surface area contributed by atoms with Crippen LogP contribution in [0.5, 0.6) is 0 Å². The summed E-state index contributed by atoms with van der Waals surface area (Å²) in [5, 5.41) is 8.68. The fourth-order valence-electron chi connectivity index (χ4n) is 1.95. The molecule has 1 saturated carbocycles. The molecule has 2 amide bonds. The molecule has 6 nitrogen and oxygen atoms in total. The highest BCUT2D eigenvalue weighted by Gasteiger charge is 2.29. The smallest absolute Gasteiger partial charge is 0.251 e. The van der Waals surface area contributed by atoms with E-state index in [2.05, 4.69) is 16.0 Å². The number of hydrogen-bond acceptors (Lipinski definition) is 4. The number of amides is 2. The molecule has 7 heteroatoms. The minimum atomic E-state index is -0.128. The van der Waals surface area contributed by atoms with E-state index in [0.717, 1.165) is 24.9 Å². The van der Waals surface area contributed by atoms with Gasteiger partial charge in [-0.25, -0.2) is 0 Å². The molecule has 0 aromatic heterocycles. The lowest BCUT2D eigenvalue weighted by molar-refractivity contribution is -0.120. The van der Waals surface area contributed by atoms with Crippen molar-refractivity contribution in [1.29, 1.82) is 0 Å². The van der Waals surface area contributed by atoms with Crippen molar-refractivity contribution in [2.75, 3.05) is 25.6 Å². The highest BCUT2D eigenvalue weighted by molar-refractivity contribution is 7.80. The zero-order chi connectivity index (χ0) is 16.7. The molecule has 1 aliphatic rings. The molecule has 0 heterocycles. The van der Waals surface area contributed by atoms with Crippen LogP contribution in [-0.4, -0.2) is 37.2 Å². The van der Waals surface area contributed by atoms with Crippen LogP contribution in [0.1, 0.15) is 29.6 Å². The average molecular weight is 335 g/mol. The maximum atomic E-state index is 11.9. The van der Waals surface area contributed by atoms with Crippen molar-refractivity contribution in [3.8, 4) is 0 Å². The first-order valence-corrected chi connectivity index (χ1v) is 8.00. The second-order valence-corrected chi connectivity index (χ2v) is 5.81. The number of rotatable bonds is 7. The molecule has 23 heavy (non-hydrogen) atoms. The molecule has 1 aliphatic carbocycles. The van der Waals surface area contributed by atoms with Crippen LogP contribution in [0.15, 0.2) is 24.3 Å². The highest BCUT2D eigenvalue weighted by Crippen LogP contribution is 2.28. The number of thiocarbonyl (C=S) groups is 1. The molecular weight excluding hydrogens is 314 g/mol. The summed E-state index contributed by atoms with van der Waals surface area (Å²) in [5.41, 5.74) is 1.29. The first-order valence-electron chi connectivity index (χ1n) is 7.59. The van der Waals surface area contributed by atoms with E-state index in [1.165, 1.54) is 0 Å². The lowest BCUT2D eigenvalue weighted by Gasteiger charge is -2.10. The largest absolute Gasteiger partial charge is 0.385 e. The van der Waals surface area contributed by atoms with E-state index in [1.54, 1.807) is 31.4 Å². The molecule has 0 unspecified atom stereocenters. The van der Waals surface area contributed by atoms with Gasteiger partial charge in [-0.3, -0.25) is 9.59 Å². The number of ether oxygens (including phenoxy) is 1. The fraction of sp³-hybridized carbons (Fsp3) is 0.438. The van der Waals surface area contributed by atoms with E-state index >= 15 is 0 Å². The van der Waals surface area contributed by atoms with Gasteiger partial charge in [0.1, 0.15) is 0 Å². The van der Waals surface area contributed by atoms with Gasteiger partial charge in [0.15, 0.2) is 5.11 Å². The van der Waals surface area contributed by atoms with Crippen LogP contribution < -0.4 is 16.0 Å². The number of carbonyl (C=O) groups is 2. The molecule has 0 aliphatic heterocycles. The Morgan fingerprint density at radius 2 is 1.96 bits per heavy atom. The Kier molecular flexibility index (Phi) is 6.49. The van der Waals surface area contributed by atoms with Gasteiger partial charge in [-0.1, -0.05) is 0 Å². The van der Waals surface area contributed by atoms with Gasteiger partial charge in [0.25, 0.3) is 5.91 Å². The minimum Gasteiger partial charge on any atom is -0.385 e. The molecule has 0 atom stereocenters. The van der Waals surface area contributed by atoms with E-state index in [4.69, 9.17) is 17.0 Å². The Morgan fingerprint density at radius 3 is 2.57 bits per heavy atom. The van der Waals surface area contributed by atoms with E-state index in [0.29, 0.717) is 18.7 Å². The van der Waals surface area contributed by atoms with Gasteiger partial charge < -0.3 is 20.7 Å². The quantitative estimate of drug-likeness (QED) is 0.522. The Morgan fingerprint density at radius 1 is 1.26 bits per heavy atom. The Hall–Kier alpha value is -1.99. The van der Waals surface area contributed by atoms with Gasteiger partial charge in [-0.15, -0.1) is 0 Å². The zero-order valence-electron chi connectivity index (χ0n) is 13.1. The van der Waals surface area contributed by atoms with Crippen LogP contribution in [0.4, 0.5) is 5.69 Å². The number of methoxy groups -OCH3 is 1. The second kappa shape index (κ2) is 8.59. The summed E-state index contributed by atoms with van der Waals surface area (Å²) in [6, 6.07) is 6.91. The van der Waals surface area contributed by atoms with Crippen molar-refractivity contribution in [1.82, 2.24) is 10.6 Å². The predicted octanol–water partition coefficient (Wildman–Crippen LogP) is 1.68. The molecule has 0 saturated heterocycles. The van der Waals surface area contributed by atoms with Crippen molar-refractivity contribution >= 4 is 34.8 Å². The zero-order valence-corrected chi connectivity index (χ0v) is 13.9. The lowest BCUT2D eigenvalue weighted by atomic mass is 10.2. The number of anilines is 1. The van der Waals surface area contributed by atoms with Crippen molar-refractivity contribution in [2.45, 2.75) is 19.3 Å². The van der Waals surface area contributed by atoms with Crippen LogP contribution in [-0.2, 0) is 9.53 Å². The predicted molar refractivity (Wildman–Crippen MR) is 92.4 cm³/mol. The number of hydrogen-bond donors (Lipinski definition) is 3. The summed E-state index contributed by atoms with van der Waals surface area (Å²) >= 11 is 5.09. The standard InChI is InChI=1S/C16H21N3O3S/c1-22-10-2-9-17-14(20)11-5-7-13(8-6-11)18-16(23)19-15(21)12-3-4-12/h5-8,12H,2-4,9-10H2,1H3,(H,17,20)(H2,18,19,21,23). The van der Waals surface area contributed by atoms with Gasteiger partial charge >= 0.3 is 0 Å². The van der Waals surface area contributed by atoms with Gasteiger partial charge in [0.2, 0.25) is 5.91 Å². The molecule has 0 radical (unpaired) electrons. The SMILES string of the molecule is COCCCNC(=O)c1ccc(NC(=S)NC(=O)C2CC2)cc1.